The van der Waals surface area contributed by atoms with Crippen LogP contribution in [-0.2, 0) is 17.3 Å². The number of ether oxygens (including phenoxy) is 1. The predicted octanol–water partition coefficient (Wildman–Crippen LogP) is 4.01. The van der Waals surface area contributed by atoms with E-state index >= 15 is 0 Å². The van der Waals surface area contributed by atoms with Crippen LogP contribution >= 0.6 is 0 Å². The van der Waals surface area contributed by atoms with Crippen molar-refractivity contribution < 1.29 is 22.7 Å². The number of piperidine rings is 1. The fourth-order valence-corrected chi connectivity index (χ4v) is 4.37. The Bertz CT molecular complexity index is 906. The van der Waals surface area contributed by atoms with Gasteiger partial charge in [-0.3, -0.25) is 5.10 Å². The number of H-pyrrole nitrogens is 1. The molecule has 0 saturated carbocycles. The number of hydrogen-bond donors (Lipinski definition) is 1. The van der Waals surface area contributed by atoms with E-state index < -0.39 is 11.7 Å². The summed E-state index contributed by atoms with van der Waals surface area (Å²) in [5, 5.41) is 7.47. The van der Waals surface area contributed by atoms with Crippen molar-refractivity contribution in [2.45, 2.75) is 43.9 Å². The normalized spacial score (nSPS) is 22.5. The standard InChI is InChI=1S/C22H27F3N4O2/c1-3-18-9-20(27-26-18)16-8-15(14-4-6-17(7-5-14)22(23,24)25)10-28(11-16)21(30)29-12-19(13-29)31-2/h4-7,9,15-16,19H,3,8,10-13H2,1-2H3,(H,26,27). The predicted molar refractivity (Wildman–Crippen MR) is 109 cm³/mol. The SMILES string of the molecule is CCc1cc(C2CC(c3ccc(C(F)(F)F)cc3)CN(C(=O)N3CC(OC)C3)C2)n[nH]1. The van der Waals surface area contributed by atoms with Gasteiger partial charge in [-0.05, 0) is 36.6 Å². The van der Waals surface area contributed by atoms with Crippen molar-refractivity contribution in [1.82, 2.24) is 20.0 Å². The Labute approximate surface area is 179 Å². The van der Waals surface area contributed by atoms with Crippen LogP contribution in [0.15, 0.2) is 30.3 Å². The van der Waals surface area contributed by atoms with E-state index in [0.29, 0.717) is 26.2 Å². The Balaban J connectivity index is 1.56. The van der Waals surface area contributed by atoms with Crippen LogP contribution in [0.2, 0.25) is 0 Å². The minimum Gasteiger partial charge on any atom is -0.378 e. The Morgan fingerprint density at radius 1 is 1.13 bits per heavy atom. The number of aromatic amines is 1. The summed E-state index contributed by atoms with van der Waals surface area (Å²) < 4.78 is 44.2. The fourth-order valence-electron chi connectivity index (χ4n) is 4.37. The maximum Gasteiger partial charge on any atom is 0.416 e. The first-order valence-electron chi connectivity index (χ1n) is 10.6. The lowest BCUT2D eigenvalue weighted by Crippen LogP contribution is -2.59. The van der Waals surface area contributed by atoms with Gasteiger partial charge in [0.1, 0.15) is 0 Å². The summed E-state index contributed by atoms with van der Waals surface area (Å²) in [4.78, 5) is 16.6. The van der Waals surface area contributed by atoms with E-state index in [1.807, 2.05) is 17.9 Å². The molecule has 2 aliphatic rings. The van der Waals surface area contributed by atoms with Crippen LogP contribution in [0, 0.1) is 0 Å². The van der Waals surface area contributed by atoms with E-state index in [4.69, 9.17) is 4.74 Å². The topological polar surface area (TPSA) is 61.5 Å². The molecule has 2 unspecified atom stereocenters. The first-order chi connectivity index (χ1) is 14.8. The molecule has 0 aliphatic carbocycles. The van der Waals surface area contributed by atoms with E-state index in [2.05, 4.69) is 10.2 Å². The second-order valence-electron chi connectivity index (χ2n) is 8.37. The molecule has 9 heteroatoms. The number of hydrogen-bond acceptors (Lipinski definition) is 3. The highest BCUT2D eigenvalue weighted by atomic mass is 19.4. The number of alkyl halides is 3. The zero-order valence-corrected chi connectivity index (χ0v) is 17.7. The molecule has 1 aromatic heterocycles. The number of aromatic nitrogens is 2. The molecular formula is C22H27F3N4O2. The lowest BCUT2D eigenvalue weighted by atomic mass is 9.82. The van der Waals surface area contributed by atoms with Gasteiger partial charge >= 0.3 is 12.2 Å². The summed E-state index contributed by atoms with van der Waals surface area (Å²) in [6.07, 6.45) is -2.74. The molecule has 4 rings (SSSR count). The van der Waals surface area contributed by atoms with Crippen LogP contribution in [0.3, 0.4) is 0 Å². The van der Waals surface area contributed by atoms with E-state index in [1.165, 1.54) is 12.1 Å². The Morgan fingerprint density at radius 3 is 2.35 bits per heavy atom. The first kappa shape index (κ1) is 21.7. The smallest absolute Gasteiger partial charge is 0.378 e. The van der Waals surface area contributed by atoms with Crippen molar-refractivity contribution in [3.05, 3.63) is 52.8 Å². The van der Waals surface area contributed by atoms with Crippen LogP contribution in [-0.4, -0.2) is 65.4 Å². The molecule has 1 aromatic carbocycles. The minimum absolute atomic E-state index is 0.0149. The van der Waals surface area contributed by atoms with Crippen LogP contribution in [0.4, 0.5) is 18.0 Å². The number of carbonyl (C=O) groups excluding carboxylic acids is 1. The number of benzene rings is 1. The monoisotopic (exact) mass is 436 g/mol. The number of amides is 2. The summed E-state index contributed by atoms with van der Waals surface area (Å²) in [6.45, 7) is 4.17. The summed E-state index contributed by atoms with van der Waals surface area (Å²) in [6, 6.07) is 7.27. The van der Waals surface area contributed by atoms with Gasteiger partial charge < -0.3 is 14.5 Å². The fraction of sp³-hybridized carbons (Fsp3) is 0.545. The van der Waals surface area contributed by atoms with Crippen molar-refractivity contribution in [2.24, 2.45) is 0 Å². The van der Waals surface area contributed by atoms with E-state index in [-0.39, 0.29) is 24.0 Å². The molecule has 2 saturated heterocycles. The van der Waals surface area contributed by atoms with Crippen LogP contribution in [0.1, 0.15) is 47.7 Å². The number of likely N-dealkylation sites (tertiary alicyclic amines) is 2. The maximum absolute atomic E-state index is 13.1. The zero-order chi connectivity index (χ0) is 22.2. The van der Waals surface area contributed by atoms with Gasteiger partial charge in [-0.1, -0.05) is 19.1 Å². The number of urea groups is 1. The van der Waals surface area contributed by atoms with Crippen molar-refractivity contribution >= 4 is 6.03 Å². The highest BCUT2D eigenvalue weighted by Gasteiger charge is 2.39. The van der Waals surface area contributed by atoms with E-state index in [1.54, 1.807) is 12.0 Å². The second kappa shape index (κ2) is 8.53. The second-order valence-corrected chi connectivity index (χ2v) is 8.37. The minimum atomic E-state index is -4.36. The van der Waals surface area contributed by atoms with Crippen LogP contribution in [0.25, 0.3) is 0 Å². The molecule has 31 heavy (non-hydrogen) atoms. The van der Waals surface area contributed by atoms with Gasteiger partial charge in [0.15, 0.2) is 0 Å². The van der Waals surface area contributed by atoms with Gasteiger partial charge in [0.05, 0.1) is 30.5 Å². The van der Waals surface area contributed by atoms with E-state index in [9.17, 15) is 18.0 Å². The molecule has 2 atom stereocenters. The molecule has 2 aromatic rings. The van der Waals surface area contributed by atoms with Crippen molar-refractivity contribution in [3.63, 3.8) is 0 Å². The lowest BCUT2D eigenvalue weighted by Gasteiger charge is -2.44. The van der Waals surface area contributed by atoms with Gasteiger partial charge in [0.2, 0.25) is 0 Å². The maximum atomic E-state index is 13.1. The molecule has 2 amide bonds. The first-order valence-corrected chi connectivity index (χ1v) is 10.6. The Kier molecular flexibility index (Phi) is 5.96. The van der Waals surface area contributed by atoms with Gasteiger partial charge in [-0.25, -0.2) is 4.79 Å². The average molecular weight is 436 g/mol. The summed E-state index contributed by atoms with van der Waals surface area (Å²) >= 11 is 0. The van der Waals surface area contributed by atoms with Gasteiger partial charge in [0, 0.05) is 37.7 Å². The quantitative estimate of drug-likeness (QED) is 0.788. The molecular weight excluding hydrogens is 409 g/mol. The van der Waals surface area contributed by atoms with Crippen molar-refractivity contribution in [1.29, 1.82) is 0 Å². The molecule has 6 nitrogen and oxygen atoms in total. The van der Waals surface area contributed by atoms with Crippen LogP contribution < -0.4 is 0 Å². The molecule has 0 radical (unpaired) electrons. The van der Waals surface area contributed by atoms with Crippen LogP contribution in [0.5, 0.6) is 0 Å². The number of carbonyl (C=O) groups is 1. The molecule has 0 spiro atoms. The largest absolute Gasteiger partial charge is 0.416 e. The Morgan fingerprint density at radius 2 is 1.77 bits per heavy atom. The molecule has 2 fully saturated rings. The van der Waals surface area contributed by atoms with Crippen molar-refractivity contribution in [2.75, 3.05) is 33.3 Å². The number of methoxy groups -OCH3 is 1. The third-order valence-electron chi connectivity index (χ3n) is 6.33. The highest BCUT2D eigenvalue weighted by molar-refractivity contribution is 5.76. The van der Waals surface area contributed by atoms with Crippen molar-refractivity contribution in [3.8, 4) is 0 Å². The third kappa shape index (κ3) is 4.56. The molecule has 1 N–H and O–H groups in total. The molecule has 2 aliphatic heterocycles. The number of aryl methyl sites for hydroxylation is 1. The number of rotatable bonds is 4. The molecule has 168 valence electrons. The lowest BCUT2D eigenvalue weighted by molar-refractivity contribution is -0.137. The highest BCUT2D eigenvalue weighted by Crippen LogP contribution is 2.37. The van der Waals surface area contributed by atoms with Gasteiger partial charge in [-0.15, -0.1) is 0 Å². The number of halogens is 3. The van der Waals surface area contributed by atoms with Gasteiger partial charge in [-0.2, -0.15) is 18.3 Å². The molecule has 0 bridgehead atoms. The van der Waals surface area contributed by atoms with Gasteiger partial charge in [0.25, 0.3) is 0 Å². The average Bonchev–Trinajstić information content (AvgIpc) is 3.21. The third-order valence-corrected chi connectivity index (χ3v) is 6.33. The number of nitrogens with zero attached hydrogens (tertiary/aromatic N) is 3. The summed E-state index contributed by atoms with van der Waals surface area (Å²) in [5.41, 5.74) is 2.06. The number of nitrogens with one attached hydrogen (secondary N) is 1. The zero-order valence-electron chi connectivity index (χ0n) is 17.7. The molecule has 3 heterocycles. The summed E-state index contributed by atoms with van der Waals surface area (Å²) in [5.74, 6) is -0.0488. The van der Waals surface area contributed by atoms with E-state index in [0.717, 1.165) is 41.9 Å². The Hall–Kier alpha value is -2.55. The summed E-state index contributed by atoms with van der Waals surface area (Å²) in [7, 11) is 1.63.